The molecule has 0 bridgehead atoms. The molecular weight excluding hydrogens is 366 g/mol. The summed E-state index contributed by atoms with van der Waals surface area (Å²) in [6, 6.07) is 18.0. The number of nitrogens with zero attached hydrogens (tertiary/aromatic N) is 1. The Balaban J connectivity index is 1.57. The molecule has 0 aliphatic carbocycles. The maximum Gasteiger partial charge on any atom is 0.309 e. The third kappa shape index (κ3) is 5.37. The molecule has 5 heteroatoms. The van der Waals surface area contributed by atoms with Crippen LogP contribution in [0.5, 0.6) is 5.75 Å². The molecule has 1 saturated heterocycles. The van der Waals surface area contributed by atoms with Gasteiger partial charge < -0.3 is 14.4 Å². The van der Waals surface area contributed by atoms with Crippen LogP contribution in [0.4, 0.5) is 0 Å². The van der Waals surface area contributed by atoms with Gasteiger partial charge in [-0.05, 0) is 49.4 Å². The largest absolute Gasteiger partial charge is 0.481 e. The van der Waals surface area contributed by atoms with Crippen LogP contribution in [0.3, 0.4) is 0 Å². The Morgan fingerprint density at radius 3 is 2.17 bits per heavy atom. The molecule has 1 unspecified atom stereocenters. The SMILES string of the molecule is CCOC(=O)C1CCN(C(=O)C(CC)Oc2ccc(-c3ccccc3)cc2)CC1. The Hall–Kier alpha value is -2.82. The summed E-state index contributed by atoms with van der Waals surface area (Å²) in [6.45, 7) is 5.29. The molecule has 3 rings (SSSR count). The van der Waals surface area contributed by atoms with Crippen LogP contribution in [0.15, 0.2) is 54.6 Å². The highest BCUT2D eigenvalue weighted by atomic mass is 16.5. The molecule has 0 N–H and O–H groups in total. The van der Waals surface area contributed by atoms with Gasteiger partial charge in [0.1, 0.15) is 5.75 Å². The van der Waals surface area contributed by atoms with Crippen molar-refractivity contribution in [1.82, 2.24) is 4.90 Å². The van der Waals surface area contributed by atoms with Gasteiger partial charge in [-0.2, -0.15) is 0 Å². The molecule has 2 aromatic rings. The molecule has 1 aliphatic rings. The van der Waals surface area contributed by atoms with Gasteiger partial charge in [0.15, 0.2) is 6.10 Å². The quantitative estimate of drug-likeness (QED) is 0.656. The molecule has 29 heavy (non-hydrogen) atoms. The predicted molar refractivity (Wildman–Crippen MR) is 113 cm³/mol. The van der Waals surface area contributed by atoms with E-state index in [1.807, 2.05) is 61.2 Å². The second-order valence-corrected chi connectivity index (χ2v) is 7.26. The highest BCUT2D eigenvalue weighted by molar-refractivity contribution is 5.82. The highest BCUT2D eigenvalue weighted by Gasteiger charge is 2.31. The number of esters is 1. The molecule has 1 aliphatic heterocycles. The summed E-state index contributed by atoms with van der Waals surface area (Å²) < 4.78 is 11.1. The molecule has 1 atom stereocenters. The minimum atomic E-state index is -0.517. The Bertz CT molecular complexity index is 795. The Labute approximate surface area is 172 Å². The highest BCUT2D eigenvalue weighted by Crippen LogP contribution is 2.24. The van der Waals surface area contributed by atoms with E-state index >= 15 is 0 Å². The zero-order chi connectivity index (χ0) is 20.6. The van der Waals surface area contributed by atoms with Crippen molar-refractivity contribution in [2.75, 3.05) is 19.7 Å². The molecule has 0 spiro atoms. The number of rotatable bonds is 7. The maximum absolute atomic E-state index is 12.9. The van der Waals surface area contributed by atoms with Gasteiger partial charge in [0.2, 0.25) is 0 Å². The van der Waals surface area contributed by atoms with Crippen molar-refractivity contribution in [3.63, 3.8) is 0 Å². The average Bonchev–Trinajstić information content (AvgIpc) is 2.78. The monoisotopic (exact) mass is 395 g/mol. The number of ether oxygens (including phenoxy) is 2. The zero-order valence-electron chi connectivity index (χ0n) is 17.2. The lowest BCUT2D eigenvalue weighted by Gasteiger charge is -2.33. The van der Waals surface area contributed by atoms with Gasteiger partial charge in [-0.1, -0.05) is 49.4 Å². The van der Waals surface area contributed by atoms with Crippen molar-refractivity contribution in [2.45, 2.75) is 39.2 Å². The molecule has 154 valence electrons. The van der Waals surface area contributed by atoms with E-state index in [4.69, 9.17) is 9.47 Å². The minimum Gasteiger partial charge on any atom is -0.481 e. The first-order chi connectivity index (χ1) is 14.1. The molecule has 0 saturated carbocycles. The normalized spacial score (nSPS) is 15.6. The number of likely N-dealkylation sites (tertiary alicyclic amines) is 1. The summed E-state index contributed by atoms with van der Waals surface area (Å²) in [5.74, 6) is 0.417. The number of carbonyl (C=O) groups excluding carboxylic acids is 2. The van der Waals surface area contributed by atoms with Crippen molar-refractivity contribution in [3.8, 4) is 16.9 Å². The number of piperidine rings is 1. The molecule has 2 aromatic carbocycles. The molecular formula is C24H29NO4. The van der Waals surface area contributed by atoms with E-state index in [0.717, 1.165) is 11.1 Å². The van der Waals surface area contributed by atoms with Gasteiger partial charge in [-0.25, -0.2) is 0 Å². The smallest absolute Gasteiger partial charge is 0.309 e. The van der Waals surface area contributed by atoms with Crippen molar-refractivity contribution in [3.05, 3.63) is 54.6 Å². The Morgan fingerprint density at radius 1 is 0.966 bits per heavy atom. The summed E-state index contributed by atoms with van der Waals surface area (Å²) in [5, 5.41) is 0. The van der Waals surface area contributed by atoms with Crippen molar-refractivity contribution in [2.24, 2.45) is 5.92 Å². The van der Waals surface area contributed by atoms with Gasteiger partial charge in [-0.3, -0.25) is 9.59 Å². The van der Waals surface area contributed by atoms with Gasteiger partial charge in [0.05, 0.1) is 12.5 Å². The van der Waals surface area contributed by atoms with Crippen LogP contribution >= 0.6 is 0 Å². The lowest BCUT2D eigenvalue weighted by molar-refractivity contribution is -0.152. The lowest BCUT2D eigenvalue weighted by atomic mass is 9.96. The lowest BCUT2D eigenvalue weighted by Crippen LogP contribution is -2.46. The number of hydrogen-bond donors (Lipinski definition) is 0. The van der Waals surface area contributed by atoms with E-state index in [-0.39, 0.29) is 17.8 Å². The first kappa shape index (κ1) is 20.9. The van der Waals surface area contributed by atoms with E-state index < -0.39 is 6.10 Å². The average molecular weight is 395 g/mol. The van der Waals surface area contributed by atoms with Crippen LogP contribution in [0.1, 0.15) is 33.1 Å². The summed E-state index contributed by atoms with van der Waals surface area (Å²) in [6.07, 6.45) is 1.37. The maximum atomic E-state index is 12.9. The minimum absolute atomic E-state index is 0.0121. The van der Waals surface area contributed by atoms with Gasteiger partial charge in [-0.15, -0.1) is 0 Å². The molecule has 5 nitrogen and oxygen atoms in total. The van der Waals surface area contributed by atoms with E-state index in [9.17, 15) is 9.59 Å². The molecule has 1 amide bonds. The third-order valence-electron chi connectivity index (χ3n) is 5.31. The molecule has 1 fully saturated rings. The van der Waals surface area contributed by atoms with Crippen molar-refractivity contribution >= 4 is 11.9 Å². The second-order valence-electron chi connectivity index (χ2n) is 7.26. The van der Waals surface area contributed by atoms with Gasteiger partial charge >= 0.3 is 5.97 Å². The van der Waals surface area contributed by atoms with E-state index in [0.29, 0.717) is 44.7 Å². The molecule has 1 heterocycles. The van der Waals surface area contributed by atoms with Gasteiger partial charge in [0.25, 0.3) is 5.91 Å². The first-order valence-electron chi connectivity index (χ1n) is 10.4. The van der Waals surface area contributed by atoms with Crippen LogP contribution in [0.25, 0.3) is 11.1 Å². The van der Waals surface area contributed by atoms with Crippen LogP contribution in [-0.2, 0) is 14.3 Å². The molecule has 0 aromatic heterocycles. The second kappa shape index (κ2) is 10.1. The summed E-state index contributed by atoms with van der Waals surface area (Å²) in [7, 11) is 0. The van der Waals surface area contributed by atoms with E-state index in [2.05, 4.69) is 12.1 Å². The Kier molecular flexibility index (Phi) is 7.28. The standard InChI is InChI=1S/C24H29NO4/c1-3-22(23(26)25-16-14-20(15-17-25)24(27)28-4-2)29-21-12-10-19(11-13-21)18-8-6-5-7-9-18/h5-13,20,22H,3-4,14-17H2,1-2H3. The number of carbonyl (C=O) groups is 2. The molecule has 0 radical (unpaired) electrons. The van der Waals surface area contributed by atoms with Gasteiger partial charge in [0, 0.05) is 13.1 Å². The van der Waals surface area contributed by atoms with Crippen molar-refractivity contribution in [1.29, 1.82) is 0 Å². The van der Waals surface area contributed by atoms with Crippen LogP contribution in [0.2, 0.25) is 0 Å². The first-order valence-corrected chi connectivity index (χ1v) is 10.4. The summed E-state index contributed by atoms with van der Waals surface area (Å²) >= 11 is 0. The predicted octanol–water partition coefficient (Wildman–Crippen LogP) is 4.31. The van der Waals surface area contributed by atoms with Crippen LogP contribution in [-0.4, -0.2) is 42.6 Å². The topological polar surface area (TPSA) is 55.8 Å². The summed E-state index contributed by atoms with van der Waals surface area (Å²) in [5.41, 5.74) is 2.25. The van der Waals surface area contributed by atoms with Crippen LogP contribution < -0.4 is 4.74 Å². The number of benzene rings is 2. The Morgan fingerprint density at radius 2 is 1.59 bits per heavy atom. The summed E-state index contributed by atoms with van der Waals surface area (Å²) in [4.78, 5) is 26.6. The van der Waals surface area contributed by atoms with E-state index in [1.165, 1.54) is 0 Å². The third-order valence-corrected chi connectivity index (χ3v) is 5.31. The fourth-order valence-corrected chi connectivity index (χ4v) is 3.63. The van der Waals surface area contributed by atoms with Crippen molar-refractivity contribution < 1.29 is 19.1 Å². The number of amides is 1. The van der Waals surface area contributed by atoms with Crippen LogP contribution in [0, 0.1) is 5.92 Å². The van der Waals surface area contributed by atoms with E-state index in [1.54, 1.807) is 0 Å². The fraction of sp³-hybridized carbons (Fsp3) is 0.417. The zero-order valence-corrected chi connectivity index (χ0v) is 17.2. The number of hydrogen-bond acceptors (Lipinski definition) is 4. The fourth-order valence-electron chi connectivity index (χ4n) is 3.63.